The Labute approximate surface area is 198 Å². The van der Waals surface area contributed by atoms with Crippen LogP contribution in [0.1, 0.15) is 27.8 Å². The Morgan fingerprint density at radius 3 is 2.50 bits per heavy atom. The summed E-state index contributed by atoms with van der Waals surface area (Å²) in [4.78, 5) is 3.31. The van der Waals surface area contributed by atoms with Gasteiger partial charge in [-0.15, -0.1) is 0 Å². The molecule has 0 saturated heterocycles. The molecule has 0 unspecified atom stereocenters. The maximum Gasteiger partial charge on any atom is 0.416 e. The first-order chi connectivity index (χ1) is 15.3. The summed E-state index contributed by atoms with van der Waals surface area (Å²) in [5.74, 6) is 0. The summed E-state index contributed by atoms with van der Waals surface area (Å²) < 4.78 is 40.1. The molecular weight excluding hydrogens is 524 g/mol. The summed E-state index contributed by atoms with van der Waals surface area (Å²) in [6.45, 7) is 4.88. The number of hydrogen-bond donors (Lipinski definition) is 2. The number of fused-ring (bicyclic) bond motifs is 1. The third-order valence-corrected chi connectivity index (χ3v) is 6.07. The molecule has 6 heteroatoms. The summed E-state index contributed by atoms with van der Waals surface area (Å²) in [7, 11) is 0. The normalized spacial score (nSPS) is 11.6. The average Bonchev–Trinajstić information content (AvgIpc) is 3.15. The number of rotatable bonds is 7. The number of hydrogen-bond acceptors (Lipinski definition) is 1. The van der Waals surface area contributed by atoms with Crippen molar-refractivity contribution in [3.05, 3.63) is 111 Å². The standard InChI is InChI=1S/C26H22F3IN2/c1-17(31-11-10-21-16-32-25-9-8-23(30)15-24(21)25)20-6-2-4-18(13-20)12-19-5-3-7-22(14-19)26(27,28)29/h2-9,13-16,31-32H,1,10-12H2. The van der Waals surface area contributed by atoms with Crippen LogP contribution in [0.15, 0.2) is 79.5 Å². The van der Waals surface area contributed by atoms with Gasteiger partial charge >= 0.3 is 6.18 Å². The predicted octanol–water partition coefficient (Wildman–Crippen LogP) is 7.19. The molecule has 164 valence electrons. The minimum atomic E-state index is -4.33. The topological polar surface area (TPSA) is 27.8 Å². The molecule has 0 aliphatic heterocycles. The van der Waals surface area contributed by atoms with Crippen molar-refractivity contribution in [2.45, 2.75) is 19.0 Å². The predicted molar refractivity (Wildman–Crippen MR) is 132 cm³/mol. The monoisotopic (exact) mass is 546 g/mol. The molecule has 0 aliphatic carbocycles. The summed E-state index contributed by atoms with van der Waals surface area (Å²) in [6.07, 6.45) is -1.01. The molecule has 3 aromatic carbocycles. The van der Waals surface area contributed by atoms with Gasteiger partial charge in [0, 0.05) is 32.9 Å². The second-order valence-corrected chi connectivity index (χ2v) is 8.98. The van der Waals surface area contributed by atoms with Crippen LogP contribution >= 0.6 is 22.6 Å². The van der Waals surface area contributed by atoms with E-state index in [1.165, 1.54) is 26.7 Å². The highest BCUT2D eigenvalue weighted by atomic mass is 127. The number of alkyl halides is 3. The van der Waals surface area contributed by atoms with Crippen LogP contribution in [0.4, 0.5) is 13.2 Å². The Morgan fingerprint density at radius 2 is 1.72 bits per heavy atom. The van der Waals surface area contributed by atoms with Crippen LogP contribution in [0, 0.1) is 3.57 Å². The molecule has 4 aromatic rings. The van der Waals surface area contributed by atoms with E-state index in [1.807, 2.05) is 30.5 Å². The van der Waals surface area contributed by atoms with Gasteiger partial charge in [-0.1, -0.05) is 43.0 Å². The lowest BCUT2D eigenvalue weighted by Crippen LogP contribution is -2.15. The lowest BCUT2D eigenvalue weighted by molar-refractivity contribution is -0.137. The van der Waals surface area contributed by atoms with Crippen molar-refractivity contribution < 1.29 is 13.2 Å². The zero-order valence-electron chi connectivity index (χ0n) is 17.3. The van der Waals surface area contributed by atoms with E-state index in [9.17, 15) is 13.2 Å². The van der Waals surface area contributed by atoms with Gasteiger partial charge < -0.3 is 10.3 Å². The number of H-pyrrole nitrogens is 1. The van der Waals surface area contributed by atoms with E-state index in [2.05, 4.69) is 57.7 Å². The number of halogens is 4. The first-order valence-corrected chi connectivity index (χ1v) is 11.3. The van der Waals surface area contributed by atoms with E-state index < -0.39 is 11.7 Å². The van der Waals surface area contributed by atoms with Crippen molar-refractivity contribution >= 4 is 39.2 Å². The van der Waals surface area contributed by atoms with Gasteiger partial charge in [0.2, 0.25) is 0 Å². The van der Waals surface area contributed by atoms with E-state index in [0.717, 1.165) is 41.4 Å². The van der Waals surface area contributed by atoms with Gasteiger partial charge in [-0.25, -0.2) is 0 Å². The van der Waals surface area contributed by atoms with Gasteiger partial charge in [-0.05, 0) is 88.0 Å². The maximum atomic E-state index is 13.0. The van der Waals surface area contributed by atoms with Gasteiger partial charge in [0.15, 0.2) is 0 Å². The van der Waals surface area contributed by atoms with Crippen LogP contribution in [0.25, 0.3) is 16.6 Å². The van der Waals surface area contributed by atoms with Crippen molar-refractivity contribution in [2.75, 3.05) is 6.54 Å². The quantitative estimate of drug-likeness (QED) is 0.236. The molecule has 0 saturated carbocycles. The first-order valence-electron chi connectivity index (χ1n) is 10.2. The van der Waals surface area contributed by atoms with Crippen molar-refractivity contribution in [2.24, 2.45) is 0 Å². The van der Waals surface area contributed by atoms with Crippen LogP contribution < -0.4 is 5.32 Å². The molecule has 32 heavy (non-hydrogen) atoms. The van der Waals surface area contributed by atoms with Gasteiger partial charge in [-0.3, -0.25) is 0 Å². The molecular formula is C26H22F3IN2. The van der Waals surface area contributed by atoms with Gasteiger partial charge in [0.1, 0.15) is 0 Å². The molecule has 2 nitrogen and oxygen atoms in total. The van der Waals surface area contributed by atoms with Crippen molar-refractivity contribution in [3.8, 4) is 0 Å². The van der Waals surface area contributed by atoms with Gasteiger partial charge in [0.25, 0.3) is 0 Å². The Hall–Kier alpha value is -2.74. The van der Waals surface area contributed by atoms with Gasteiger partial charge in [-0.2, -0.15) is 13.2 Å². The first kappa shape index (κ1) is 22.5. The maximum absolute atomic E-state index is 13.0. The molecule has 0 bridgehead atoms. The van der Waals surface area contributed by atoms with E-state index in [0.29, 0.717) is 12.0 Å². The summed E-state index contributed by atoms with van der Waals surface area (Å²) in [6, 6.07) is 19.6. The van der Waals surface area contributed by atoms with Crippen LogP contribution in [0.3, 0.4) is 0 Å². The molecule has 0 spiro atoms. The fourth-order valence-corrected chi connectivity index (χ4v) is 4.26. The molecule has 0 radical (unpaired) electrons. The Morgan fingerprint density at radius 1 is 0.969 bits per heavy atom. The van der Waals surface area contributed by atoms with Gasteiger partial charge in [0.05, 0.1) is 5.56 Å². The molecule has 0 amide bonds. The van der Waals surface area contributed by atoms with Crippen molar-refractivity contribution in [1.82, 2.24) is 10.3 Å². The zero-order valence-corrected chi connectivity index (χ0v) is 19.4. The van der Waals surface area contributed by atoms with E-state index in [4.69, 9.17) is 0 Å². The average molecular weight is 546 g/mol. The lowest BCUT2D eigenvalue weighted by Gasteiger charge is -2.12. The van der Waals surface area contributed by atoms with Crippen molar-refractivity contribution in [3.63, 3.8) is 0 Å². The summed E-state index contributed by atoms with van der Waals surface area (Å²) >= 11 is 2.32. The van der Waals surface area contributed by atoms with Crippen molar-refractivity contribution in [1.29, 1.82) is 0 Å². The smallest absolute Gasteiger partial charge is 0.385 e. The molecule has 0 atom stereocenters. The Balaban J connectivity index is 1.39. The molecule has 0 aliphatic rings. The second kappa shape index (κ2) is 9.40. The Kier molecular flexibility index (Phi) is 6.60. The highest BCUT2D eigenvalue weighted by molar-refractivity contribution is 14.1. The molecule has 0 fully saturated rings. The lowest BCUT2D eigenvalue weighted by atomic mass is 10.00. The second-order valence-electron chi connectivity index (χ2n) is 7.73. The fourth-order valence-electron chi connectivity index (χ4n) is 3.77. The third kappa shape index (κ3) is 5.35. The number of nitrogens with one attached hydrogen (secondary N) is 2. The van der Waals surface area contributed by atoms with Crippen LogP contribution in [-0.2, 0) is 19.0 Å². The minimum Gasteiger partial charge on any atom is -0.385 e. The molecule has 4 rings (SSSR count). The third-order valence-electron chi connectivity index (χ3n) is 5.40. The largest absolute Gasteiger partial charge is 0.416 e. The highest BCUT2D eigenvalue weighted by Gasteiger charge is 2.30. The summed E-state index contributed by atoms with van der Waals surface area (Å²) in [5, 5.41) is 4.61. The van der Waals surface area contributed by atoms with E-state index in [-0.39, 0.29) is 0 Å². The summed E-state index contributed by atoms with van der Waals surface area (Å²) in [5.41, 5.74) is 5.05. The van der Waals surface area contributed by atoms with Crippen LogP contribution in [-0.4, -0.2) is 11.5 Å². The van der Waals surface area contributed by atoms with E-state index in [1.54, 1.807) is 6.07 Å². The SMILES string of the molecule is C=C(NCCc1c[nH]c2ccc(I)cc12)c1cccc(Cc2cccc(C(F)(F)F)c2)c1. The molecule has 1 heterocycles. The Bertz CT molecular complexity index is 1260. The minimum absolute atomic E-state index is 0.430. The molecule has 1 aromatic heterocycles. The zero-order chi connectivity index (χ0) is 22.7. The van der Waals surface area contributed by atoms with E-state index >= 15 is 0 Å². The molecule has 2 N–H and O–H groups in total. The number of benzene rings is 3. The van der Waals surface area contributed by atoms with Crippen LogP contribution in [0.2, 0.25) is 0 Å². The number of aromatic amines is 1. The van der Waals surface area contributed by atoms with Crippen LogP contribution in [0.5, 0.6) is 0 Å². The highest BCUT2D eigenvalue weighted by Crippen LogP contribution is 2.30. The fraction of sp³-hybridized carbons (Fsp3) is 0.154. The number of aromatic nitrogens is 1.